The van der Waals surface area contributed by atoms with E-state index in [-0.39, 0.29) is 0 Å². The van der Waals surface area contributed by atoms with Crippen LogP contribution in [0.1, 0.15) is 25.7 Å². The maximum Gasteiger partial charge on any atom is 0.0671 e. The van der Waals surface area contributed by atoms with Gasteiger partial charge in [-0.05, 0) is 37.8 Å². The van der Waals surface area contributed by atoms with E-state index in [1.54, 1.807) is 0 Å². The first kappa shape index (κ1) is 10.6. The standard InChI is InChI=1S/C13H18N4/c14-9-4-6-10(7-5-9)16-12-2-1-3-13-11(12)8-15-17-13/h1-3,8-10,16H,4-7,14H2,(H,15,17). The summed E-state index contributed by atoms with van der Waals surface area (Å²) >= 11 is 0. The molecule has 0 saturated heterocycles. The summed E-state index contributed by atoms with van der Waals surface area (Å²) in [6.07, 6.45) is 6.45. The molecule has 4 heteroatoms. The minimum Gasteiger partial charge on any atom is -0.382 e. The number of rotatable bonds is 2. The van der Waals surface area contributed by atoms with E-state index in [0.29, 0.717) is 12.1 Å². The fraction of sp³-hybridized carbons (Fsp3) is 0.462. The number of H-pyrrole nitrogens is 1. The minimum atomic E-state index is 0.401. The third-order valence-corrected chi connectivity index (χ3v) is 3.62. The molecule has 17 heavy (non-hydrogen) atoms. The van der Waals surface area contributed by atoms with E-state index in [2.05, 4.69) is 27.6 Å². The van der Waals surface area contributed by atoms with E-state index >= 15 is 0 Å². The Balaban J connectivity index is 1.78. The van der Waals surface area contributed by atoms with E-state index in [9.17, 15) is 0 Å². The fourth-order valence-corrected chi connectivity index (χ4v) is 2.58. The van der Waals surface area contributed by atoms with Crippen LogP contribution in [-0.2, 0) is 0 Å². The molecule has 1 aromatic carbocycles. The van der Waals surface area contributed by atoms with Crippen molar-refractivity contribution in [3.05, 3.63) is 24.4 Å². The highest BCUT2D eigenvalue weighted by atomic mass is 15.1. The Labute approximate surface area is 101 Å². The Kier molecular flexibility index (Phi) is 2.73. The van der Waals surface area contributed by atoms with Gasteiger partial charge in [-0.25, -0.2) is 0 Å². The zero-order chi connectivity index (χ0) is 11.7. The van der Waals surface area contributed by atoms with Gasteiger partial charge in [0, 0.05) is 23.2 Å². The smallest absolute Gasteiger partial charge is 0.0671 e. The number of hydrogen-bond donors (Lipinski definition) is 3. The molecule has 90 valence electrons. The first-order chi connectivity index (χ1) is 8.33. The normalized spacial score (nSPS) is 25.0. The highest BCUT2D eigenvalue weighted by Gasteiger charge is 2.18. The largest absolute Gasteiger partial charge is 0.382 e. The predicted molar refractivity (Wildman–Crippen MR) is 69.9 cm³/mol. The second-order valence-electron chi connectivity index (χ2n) is 4.89. The molecule has 1 heterocycles. The van der Waals surface area contributed by atoms with Gasteiger partial charge in [0.25, 0.3) is 0 Å². The van der Waals surface area contributed by atoms with Gasteiger partial charge in [0.1, 0.15) is 0 Å². The number of nitrogens with zero attached hydrogens (tertiary/aromatic N) is 1. The molecule has 0 amide bonds. The van der Waals surface area contributed by atoms with E-state index in [4.69, 9.17) is 5.73 Å². The molecule has 1 saturated carbocycles. The summed E-state index contributed by atoms with van der Waals surface area (Å²) in [5.41, 5.74) is 8.18. The van der Waals surface area contributed by atoms with E-state index in [1.807, 2.05) is 12.3 Å². The molecular weight excluding hydrogens is 212 g/mol. The second-order valence-corrected chi connectivity index (χ2v) is 4.89. The minimum absolute atomic E-state index is 0.401. The van der Waals surface area contributed by atoms with Crippen molar-refractivity contribution in [2.45, 2.75) is 37.8 Å². The quantitative estimate of drug-likeness (QED) is 0.741. The molecule has 0 spiro atoms. The highest BCUT2D eigenvalue weighted by Crippen LogP contribution is 2.26. The summed E-state index contributed by atoms with van der Waals surface area (Å²) in [6.45, 7) is 0. The number of hydrogen-bond acceptors (Lipinski definition) is 3. The van der Waals surface area contributed by atoms with Crippen molar-refractivity contribution in [2.24, 2.45) is 5.73 Å². The Morgan fingerprint density at radius 3 is 2.88 bits per heavy atom. The predicted octanol–water partition coefficient (Wildman–Crippen LogP) is 2.24. The van der Waals surface area contributed by atoms with Crippen molar-refractivity contribution in [3.63, 3.8) is 0 Å². The van der Waals surface area contributed by atoms with Gasteiger partial charge >= 0.3 is 0 Å². The molecule has 4 nitrogen and oxygen atoms in total. The summed E-state index contributed by atoms with van der Waals surface area (Å²) in [6, 6.07) is 7.17. The van der Waals surface area contributed by atoms with Gasteiger partial charge in [-0.2, -0.15) is 5.10 Å². The maximum atomic E-state index is 5.92. The summed E-state index contributed by atoms with van der Waals surface area (Å²) in [7, 11) is 0. The van der Waals surface area contributed by atoms with Crippen LogP contribution in [0.4, 0.5) is 5.69 Å². The van der Waals surface area contributed by atoms with Crippen molar-refractivity contribution in [1.29, 1.82) is 0 Å². The molecule has 0 aliphatic heterocycles. The number of aromatic nitrogens is 2. The zero-order valence-electron chi connectivity index (χ0n) is 9.82. The van der Waals surface area contributed by atoms with Gasteiger partial charge in [0.05, 0.1) is 11.7 Å². The first-order valence-corrected chi connectivity index (χ1v) is 6.27. The Morgan fingerprint density at radius 1 is 1.24 bits per heavy atom. The van der Waals surface area contributed by atoms with Crippen LogP contribution in [-0.4, -0.2) is 22.3 Å². The van der Waals surface area contributed by atoms with Crippen LogP contribution < -0.4 is 11.1 Å². The van der Waals surface area contributed by atoms with E-state index in [0.717, 1.165) is 31.2 Å². The number of nitrogens with two attached hydrogens (primary N) is 1. The van der Waals surface area contributed by atoms with Crippen LogP contribution in [0.2, 0.25) is 0 Å². The fourth-order valence-electron chi connectivity index (χ4n) is 2.58. The molecule has 0 atom stereocenters. The van der Waals surface area contributed by atoms with Crippen LogP contribution >= 0.6 is 0 Å². The van der Waals surface area contributed by atoms with Crippen LogP contribution in [0.3, 0.4) is 0 Å². The number of fused-ring (bicyclic) bond motifs is 1. The van der Waals surface area contributed by atoms with Crippen molar-refractivity contribution in [2.75, 3.05) is 5.32 Å². The lowest BCUT2D eigenvalue weighted by Crippen LogP contribution is -2.32. The monoisotopic (exact) mass is 230 g/mol. The topological polar surface area (TPSA) is 66.7 Å². The van der Waals surface area contributed by atoms with Gasteiger partial charge in [-0.1, -0.05) is 6.07 Å². The molecule has 2 aromatic rings. The Bertz CT molecular complexity index is 497. The molecule has 0 radical (unpaired) electrons. The van der Waals surface area contributed by atoms with E-state index in [1.165, 1.54) is 11.1 Å². The van der Waals surface area contributed by atoms with Gasteiger partial charge in [-0.15, -0.1) is 0 Å². The lowest BCUT2D eigenvalue weighted by atomic mass is 9.91. The molecule has 3 rings (SSSR count). The molecule has 0 bridgehead atoms. The summed E-state index contributed by atoms with van der Waals surface area (Å²) in [5, 5.41) is 11.9. The Morgan fingerprint density at radius 2 is 2.06 bits per heavy atom. The zero-order valence-corrected chi connectivity index (χ0v) is 9.82. The third kappa shape index (κ3) is 2.13. The van der Waals surface area contributed by atoms with Crippen molar-refractivity contribution < 1.29 is 0 Å². The number of benzene rings is 1. The molecular formula is C13H18N4. The molecule has 1 aliphatic rings. The van der Waals surface area contributed by atoms with Crippen LogP contribution in [0.25, 0.3) is 10.9 Å². The van der Waals surface area contributed by atoms with Crippen molar-refractivity contribution >= 4 is 16.6 Å². The number of aromatic amines is 1. The molecule has 4 N–H and O–H groups in total. The van der Waals surface area contributed by atoms with Gasteiger partial charge in [0.15, 0.2) is 0 Å². The summed E-state index contributed by atoms with van der Waals surface area (Å²) < 4.78 is 0. The Hall–Kier alpha value is -1.55. The average molecular weight is 230 g/mol. The van der Waals surface area contributed by atoms with Crippen LogP contribution in [0.5, 0.6) is 0 Å². The van der Waals surface area contributed by atoms with Crippen LogP contribution in [0.15, 0.2) is 24.4 Å². The first-order valence-electron chi connectivity index (χ1n) is 6.27. The van der Waals surface area contributed by atoms with Gasteiger partial charge in [0.2, 0.25) is 0 Å². The molecule has 1 fully saturated rings. The lowest BCUT2D eigenvalue weighted by Gasteiger charge is -2.27. The SMILES string of the molecule is NC1CCC(Nc2cccc3[nH]ncc23)CC1. The van der Waals surface area contributed by atoms with Gasteiger partial charge in [-0.3, -0.25) is 5.10 Å². The third-order valence-electron chi connectivity index (χ3n) is 3.62. The summed E-state index contributed by atoms with van der Waals surface area (Å²) in [4.78, 5) is 0. The molecule has 1 aromatic heterocycles. The number of anilines is 1. The maximum absolute atomic E-state index is 5.92. The van der Waals surface area contributed by atoms with Crippen molar-refractivity contribution in [1.82, 2.24) is 10.2 Å². The molecule has 0 unspecified atom stereocenters. The highest BCUT2D eigenvalue weighted by molar-refractivity contribution is 5.90. The number of nitrogens with one attached hydrogen (secondary N) is 2. The molecule has 1 aliphatic carbocycles. The van der Waals surface area contributed by atoms with Crippen LogP contribution in [0, 0.1) is 0 Å². The van der Waals surface area contributed by atoms with E-state index < -0.39 is 0 Å². The van der Waals surface area contributed by atoms with Gasteiger partial charge < -0.3 is 11.1 Å². The van der Waals surface area contributed by atoms with Crippen molar-refractivity contribution in [3.8, 4) is 0 Å². The second kappa shape index (κ2) is 4.37. The lowest BCUT2D eigenvalue weighted by molar-refractivity contribution is 0.411. The average Bonchev–Trinajstić information content (AvgIpc) is 2.81. The summed E-state index contributed by atoms with van der Waals surface area (Å²) in [5.74, 6) is 0.